The van der Waals surface area contributed by atoms with Crippen LogP contribution in [0.15, 0.2) is 84.9 Å². The lowest BCUT2D eigenvalue weighted by Gasteiger charge is -2.41. The predicted molar refractivity (Wildman–Crippen MR) is 120 cm³/mol. The molecule has 3 aromatic rings. The standard InChI is InChI=1S/C25H24N2O4/c1-19-16-26(24(28)17-30-20-10-4-2-5-11-20)22-14-8-9-15-23(22)27(19)25(29)18-31-21-12-6-3-7-13-21/h2-15,19H,16-18H2,1H3/t19-/m0/s1. The summed E-state index contributed by atoms with van der Waals surface area (Å²) in [6, 6.07) is 25.7. The molecule has 1 heterocycles. The number of para-hydroxylation sites is 4. The van der Waals surface area contributed by atoms with Gasteiger partial charge in [-0.2, -0.15) is 0 Å². The maximum atomic E-state index is 13.0. The number of benzene rings is 3. The highest BCUT2D eigenvalue weighted by Crippen LogP contribution is 2.35. The largest absolute Gasteiger partial charge is 0.484 e. The molecule has 0 aromatic heterocycles. The van der Waals surface area contributed by atoms with Crippen molar-refractivity contribution < 1.29 is 19.1 Å². The third-order valence-electron chi connectivity index (χ3n) is 5.10. The molecule has 0 saturated carbocycles. The molecule has 0 saturated heterocycles. The van der Waals surface area contributed by atoms with E-state index in [4.69, 9.17) is 9.47 Å². The summed E-state index contributed by atoms with van der Waals surface area (Å²) in [5.74, 6) is 0.972. The molecule has 6 nitrogen and oxygen atoms in total. The van der Waals surface area contributed by atoms with E-state index in [0.717, 1.165) is 0 Å². The number of hydrogen-bond donors (Lipinski definition) is 0. The molecule has 6 heteroatoms. The number of rotatable bonds is 6. The SMILES string of the molecule is C[C@H]1CN(C(=O)COc2ccccc2)c2ccccc2N1C(=O)COc1ccccc1. The van der Waals surface area contributed by atoms with Crippen molar-refractivity contribution >= 4 is 23.2 Å². The number of fused-ring (bicyclic) bond motifs is 1. The molecule has 1 aliphatic heterocycles. The van der Waals surface area contributed by atoms with E-state index in [1.807, 2.05) is 91.9 Å². The van der Waals surface area contributed by atoms with E-state index in [0.29, 0.717) is 29.4 Å². The Morgan fingerprint density at radius 2 is 1.23 bits per heavy atom. The fraction of sp³-hybridized carbons (Fsp3) is 0.200. The lowest BCUT2D eigenvalue weighted by molar-refractivity contribution is -0.122. The van der Waals surface area contributed by atoms with Gasteiger partial charge in [-0.05, 0) is 43.3 Å². The van der Waals surface area contributed by atoms with Gasteiger partial charge in [0, 0.05) is 6.54 Å². The molecule has 0 radical (unpaired) electrons. The van der Waals surface area contributed by atoms with Crippen LogP contribution in [0.25, 0.3) is 0 Å². The molecule has 4 rings (SSSR count). The molecule has 3 aromatic carbocycles. The zero-order valence-electron chi connectivity index (χ0n) is 17.3. The number of amides is 2. The molecule has 0 unspecified atom stereocenters. The Morgan fingerprint density at radius 1 is 0.742 bits per heavy atom. The third-order valence-corrected chi connectivity index (χ3v) is 5.10. The van der Waals surface area contributed by atoms with Crippen LogP contribution in [-0.2, 0) is 9.59 Å². The average molecular weight is 416 g/mol. The second-order valence-electron chi connectivity index (χ2n) is 7.31. The van der Waals surface area contributed by atoms with Crippen LogP contribution >= 0.6 is 0 Å². The van der Waals surface area contributed by atoms with Gasteiger partial charge in [0.25, 0.3) is 11.8 Å². The van der Waals surface area contributed by atoms with E-state index in [1.165, 1.54) is 0 Å². The zero-order valence-corrected chi connectivity index (χ0v) is 17.3. The highest BCUT2D eigenvalue weighted by molar-refractivity contribution is 6.05. The van der Waals surface area contributed by atoms with Crippen LogP contribution < -0.4 is 19.3 Å². The van der Waals surface area contributed by atoms with Gasteiger partial charge in [-0.3, -0.25) is 9.59 Å². The maximum Gasteiger partial charge on any atom is 0.265 e. The number of carbonyl (C=O) groups excluding carboxylic acids is 2. The lowest BCUT2D eigenvalue weighted by atomic mass is 10.1. The molecule has 0 fully saturated rings. The molecule has 0 bridgehead atoms. The van der Waals surface area contributed by atoms with Crippen molar-refractivity contribution in [3.63, 3.8) is 0 Å². The third kappa shape index (κ3) is 4.69. The van der Waals surface area contributed by atoms with Crippen molar-refractivity contribution in [2.75, 3.05) is 29.6 Å². The number of ether oxygens (including phenoxy) is 2. The second-order valence-corrected chi connectivity index (χ2v) is 7.31. The summed E-state index contributed by atoms with van der Waals surface area (Å²) < 4.78 is 11.3. The smallest absolute Gasteiger partial charge is 0.265 e. The van der Waals surface area contributed by atoms with E-state index in [2.05, 4.69) is 0 Å². The fourth-order valence-corrected chi connectivity index (χ4v) is 3.67. The van der Waals surface area contributed by atoms with E-state index < -0.39 is 0 Å². The molecule has 0 spiro atoms. The van der Waals surface area contributed by atoms with E-state index in [1.54, 1.807) is 9.80 Å². The first kappa shape index (κ1) is 20.5. The summed E-state index contributed by atoms with van der Waals surface area (Å²) >= 11 is 0. The van der Waals surface area contributed by atoms with Crippen molar-refractivity contribution in [2.45, 2.75) is 13.0 Å². The Hall–Kier alpha value is -3.80. The molecule has 2 amide bonds. The fourth-order valence-electron chi connectivity index (χ4n) is 3.67. The molecule has 0 N–H and O–H groups in total. The Labute approximate surface area is 181 Å². The van der Waals surface area contributed by atoms with Crippen LogP contribution in [0.2, 0.25) is 0 Å². The van der Waals surface area contributed by atoms with Gasteiger partial charge in [-0.25, -0.2) is 0 Å². The van der Waals surface area contributed by atoms with Crippen molar-refractivity contribution in [1.29, 1.82) is 0 Å². The van der Waals surface area contributed by atoms with E-state index in [-0.39, 0.29) is 31.1 Å². The second kappa shape index (κ2) is 9.34. The molecular weight excluding hydrogens is 392 g/mol. The van der Waals surface area contributed by atoms with Crippen LogP contribution in [0.5, 0.6) is 11.5 Å². The minimum atomic E-state index is -0.206. The predicted octanol–water partition coefficient (Wildman–Crippen LogP) is 3.91. The van der Waals surface area contributed by atoms with Crippen molar-refractivity contribution in [2.24, 2.45) is 0 Å². The van der Waals surface area contributed by atoms with Crippen LogP contribution in [0.1, 0.15) is 6.92 Å². The number of hydrogen-bond acceptors (Lipinski definition) is 4. The van der Waals surface area contributed by atoms with Crippen molar-refractivity contribution in [3.05, 3.63) is 84.9 Å². The summed E-state index contributed by atoms with van der Waals surface area (Å²) in [7, 11) is 0. The molecular formula is C25H24N2O4. The van der Waals surface area contributed by atoms with Crippen LogP contribution in [-0.4, -0.2) is 37.6 Å². The van der Waals surface area contributed by atoms with Gasteiger partial charge in [0.1, 0.15) is 11.5 Å². The van der Waals surface area contributed by atoms with Crippen molar-refractivity contribution in [3.8, 4) is 11.5 Å². The van der Waals surface area contributed by atoms with Crippen LogP contribution in [0, 0.1) is 0 Å². The summed E-state index contributed by atoms with van der Waals surface area (Å²) in [6.45, 7) is 2.16. The van der Waals surface area contributed by atoms with Gasteiger partial charge >= 0.3 is 0 Å². The Kier molecular flexibility index (Phi) is 6.17. The molecule has 1 atom stereocenters. The summed E-state index contributed by atoms with van der Waals surface area (Å²) in [4.78, 5) is 29.3. The lowest BCUT2D eigenvalue weighted by Crippen LogP contribution is -2.53. The highest BCUT2D eigenvalue weighted by Gasteiger charge is 2.34. The summed E-state index contributed by atoms with van der Waals surface area (Å²) in [5, 5.41) is 0. The zero-order chi connectivity index (χ0) is 21.6. The quantitative estimate of drug-likeness (QED) is 0.611. The Balaban J connectivity index is 1.49. The van der Waals surface area contributed by atoms with Gasteiger partial charge in [-0.15, -0.1) is 0 Å². The summed E-state index contributed by atoms with van der Waals surface area (Å²) in [5.41, 5.74) is 1.38. The molecule has 31 heavy (non-hydrogen) atoms. The van der Waals surface area contributed by atoms with Gasteiger partial charge in [0.15, 0.2) is 13.2 Å². The average Bonchev–Trinajstić information content (AvgIpc) is 2.82. The first-order valence-corrected chi connectivity index (χ1v) is 10.2. The highest BCUT2D eigenvalue weighted by atomic mass is 16.5. The Bertz CT molecular complexity index is 1040. The summed E-state index contributed by atoms with van der Waals surface area (Å²) in [6.07, 6.45) is 0. The topological polar surface area (TPSA) is 59.1 Å². The normalized spacial score (nSPS) is 15.2. The van der Waals surface area contributed by atoms with Gasteiger partial charge in [-0.1, -0.05) is 48.5 Å². The van der Waals surface area contributed by atoms with E-state index >= 15 is 0 Å². The van der Waals surface area contributed by atoms with Gasteiger partial charge in [0.05, 0.1) is 17.4 Å². The van der Waals surface area contributed by atoms with Crippen LogP contribution in [0.3, 0.4) is 0 Å². The number of anilines is 2. The maximum absolute atomic E-state index is 13.0. The van der Waals surface area contributed by atoms with Crippen LogP contribution in [0.4, 0.5) is 11.4 Å². The van der Waals surface area contributed by atoms with Gasteiger partial charge in [0.2, 0.25) is 0 Å². The minimum Gasteiger partial charge on any atom is -0.484 e. The van der Waals surface area contributed by atoms with Crippen molar-refractivity contribution in [1.82, 2.24) is 0 Å². The first-order valence-electron chi connectivity index (χ1n) is 10.2. The molecule has 158 valence electrons. The Morgan fingerprint density at radius 3 is 1.81 bits per heavy atom. The molecule has 1 aliphatic rings. The number of carbonyl (C=O) groups is 2. The number of nitrogens with zero attached hydrogens (tertiary/aromatic N) is 2. The van der Waals surface area contributed by atoms with E-state index in [9.17, 15) is 9.59 Å². The first-order chi connectivity index (χ1) is 15.1. The monoisotopic (exact) mass is 416 g/mol. The van der Waals surface area contributed by atoms with Gasteiger partial charge < -0.3 is 19.3 Å². The minimum absolute atomic E-state index is 0.0733. The molecule has 0 aliphatic carbocycles.